The van der Waals surface area contributed by atoms with Gasteiger partial charge in [0.15, 0.2) is 0 Å². The topological polar surface area (TPSA) is 12.5 Å². The van der Waals surface area contributed by atoms with Crippen molar-refractivity contribution in [3.05, 3.63) is 0 Å². The molecule has 0 radical (unpaired) electrons. The van der Waals surface area contributed by atoms with E-state index in [1.54, 1.807) is 11.9 Å². The highest BCUT2D eigenvalue weighted by Gasteiger charge is 2.39. The summed E-state index contributed by atoms with van der Waals surface area (Å²) in [6, 6.07) is 0.123. The van der Waals surface area contributed by atoms with Crippen LogP contribution in [0.15, 0.2) is 0 Å². The standard InChI is InChI=1S/C8H13BrF3NO/c1-13(6-2-3-14-5-6)4-7(9)8(10,11)12/h6-7H,2-5H2,1H3. The van der Waals surface area contributed by atoms with Crippen LogP contribution < -0.4 is 0 Å². The molecule has 0 saturated carbocycles. The number of likely N-dealkylation sites (N-methyl/N-ethyl adjacent to an activating group) is 1. The molecule has 0 aromatic heterocycles. The molecule has 0 N–H and O–H groups in total. The van der Waals surface area contributed by atoms with Crippen molar-refractivity contribution in [3.63, 3.8) is 0 Å². The smallest absolute Gasteiger partial charge is 0.380 e. The maximum Gasteiger partial charge on any atom is 0.402 e. The summed E-state index contributed by atoms with van der Waals surface area (Å²) in [5.41, 5.74) is 0. The van der Waals surface area contributed by atoms with Gasteiger partial charge in [-0.05, 0) is 13.5 Å². The normalized spacial score (nSPS) is 25.7. The van der Waals surface area contributed by atoms with Crippen molar-refractivity contribution < 1.29 is 17.9 Å². The lowest BCUT2D eigenvalue weighted by molar-refractivity contribution is -0.130. The van der Waals surface area contributed by atoms with Gasteiger partial charge in [0.1, 0.15) is 4.83 Å². The first-order valence-electron chi connectivity index (χ1n) is 4.40. The molecule has 1 rings (SSSR count). The van der Waals surface area contributed by atoms with Gasteiger partial charge in [0.25, 0.3) is 0 Å². The zero-order valence-corrected chi connectivity index (χ0v) is 9.44. The number of hydrogen-bond acceptors (Lipinski definition) is 2. The Morgan fingerprint density at radius 3 is 2.64 bits per heavy atom. The van der Waals surface area contributed by atoms with Crippen molar-refractivity contribution in [1.29, 1.82) is 0 Å². The van der Waals surface area contributed by atoms with Gasteiger partial charge in [-0.3, -0.25) is 4.90 Å². The van der Waals surface area contributed by atoms with Crippen LogP contribution in [0.25, 0.3) is 0 Å². The zero-order chi connectivity index (χ0) is 10.8. The highest BCUT2D eigenvalue weighted by Crippen LogP contribution is 2.27. The highest BCUT2D eigenvalue weighted by molar-refractivity contribution is 9.09. The third-order valence-corrected chi connectivity index (χ3v) is 3.14. The molecule has 1 heterocycles. The van der Waals surface area contributed by atoms with E-state index >= 15 is 0 Å². The van der Waals surface area contributed by atoms with E-state index in [9.17, 15) is 13.2 Å². The molecule has 1 saturated heterocycles. The second-order valence-electron chi connectivity index (χ2n) is 3.47. The molecule has 1 aliphatic heterocycles. The monoisotopic (exact) mass is 275 g/mol. The van der Waals surface area contributed by atoms with Crippen LogP contribution in [-0.2, 0) is 4.74 Å². The third kappa shape index (κ3) is 3.40. The molecule has 2 atom stereocenters. The second-order valence-corrected chi connectivity index (χ2v) is 4.57. The van der Waals surface area contributed by atoms with Gasteiger partial charge in [-0.1, -0.05) is 15.9 Å². The van der Waals surface area contributed by atoms with Crippen LogP contribution in [0.1, 0.15) is 6.42 Å². The van der Waals surface area contributed by atoms with E-state index < -0.39 is 11.0 Å². The first-order chi connectivity index (χ1) is 6.41. The third-order valence-electron chi connectivity index (χ3n) is 2.33. The summed E-state index contributed by atoms with van der Waals surface area (Å²) < 4.78 is 41.7. The van der Waals surface area contributed by atoms with Crippen molar-refractivity contribution in [2.24, 2.45) is 0 Å². The van der Waals surface area contributed by atoms with E-state index in [1.165, 1.54) is 0 Å². The zero-order valence-electron chi connectivity index (χ0n) is 7.85. The van der Waals surface area contributed by atoms with Crippen molar-refractivity contribution in [3.8, 4) is 0 Å². The summed E-state index contributed by atoms with van der Waals surface area (Å²) >= 11 is 2.64. The van der Waals surface area contributed by atoms with Gasteiger partial charge in [-0.15, -0.1) is 0 Å². The van der Waals surface area contributed by atoms with Crippen LogP contribution in [0.4, 0.5) is 13.2 Å². The summed E-state index contributed by atoms with van der Waals surface area (Å²) in [6.07, 6.45) is -3.36. The molecule has 0 spiro atoms. The van der Waals surface area contributed by atoms with Crippen LogP contribution in [-0.4, -0.2) is 48.8 Å². The number of ether oxygens (including phenoxy) is 1. The van der Waals surface area contributed by atoms with E-state index in [1.807, 2.05) is 0 Å². The summed E-state index contributed by atoms with van der Waals surface area (Å²) in [6.45, 7) is 1.15. The van der Waals surface area contributed by atoms with Crippen LogP contribution >= 0.6 is 15.9 Å². The number of nitrogens with zero attached hydrogens (tertiary/aromatic N) is 1. The fraction of sp³-hybridized carbons (Fsp3) is 1.00. The van der Waals surface area contributed by atoms with Crippen LogP contribution in [0.5, 0.6) is 0 Å². The number of rotatable bonds is 3. The lowest BCUT2D eigenvalue weighted by atomic mass is 10.2. The molecule has 1 fully saturated rings. The SMILES string of the molecule is CN(CC(Br)C(F)(F)F)C1CCOC1. The molecule has 0 bridgehead atoms. The molecule has 2 nitrogen and oxygen atoms in total. The minimum Gasteiger partial charge on any atom is -0.380 e. The molecule has 0 amide bonds. The molecular weight excluding hydrogens is 263 g/mol. The predicted molar refractivity (Wildman–Crippen MR) is 50.6 cm³/mol. The van der Waals surface area contributed by atoms with Gasteiger partial charge in [-0.2, -0.15) is 13.2 Å². The molecule has 84 valence electrons. The van der Waals surface area contributed by atoms with Crippen molar-refractivity contribution >= 4 is 15.9 Å². The Bertz CT molecular complexity index is 182. The van der Waals surface area contributed by atoms with Crippen molar-refractivity contribution in [2.75, 3.05) is 26.8 Å². The Morgan fingerprint density at radius 2 is 2.21 bits per heavy atom. The lowest BCUT2D eigenvalue weighted by Crippen LogP contribution is -2.41. The summed E-state index contributed by atoms with van der Waals surface area (Å²) in [5.74, 6) is 0. The minimum atomic E-state index is -4.17. The summed E-state index contributed by atoms with van der Waals surface area (Å²) in [7, 11) is 1.69. The van der Waals surface area contributed by atoms with Gasteiger partial charge in [0.2, 0.25) is 0 Å². The molecule has 14 heavy (non-hydrogen) atoms. The number of hydrogen-bond donors (Lipinski definition) is 0. The molecule has 6 heteroatoms. The Balaban J connectivity index is 2.35. The van der Waals surface area contributed by atoms with E-state index in [2.05, 4.69) is 15.9 Å². The molecule has 0 aliphatic carbocycles. The highest BCUT2D eigenvalue weighted by atomic mass is 79.9. The molecule has 0 aromatic carbocycles. The largest absolute Gasteiger partial charge is 0.402 e. The first-order valence-corrected chi connectivity index (χ1v) is 5.31. The number of alkyl halides is 4. The van der Waals surface area contributed by atoms with Crippen molar-refractivity contribution in [2.45, 2.75) is 23.5 Å². The Morgan fingerprint density at radius 1 is 1.57 bits per heavy atom. The van der Waals surface area contributed by atoms with Crippen LogP contribution in [0.2, 0.25) is 0 Å². The summed E-state index contributed by atoms with van der Waals surface area (Å²) in [4.78, 5) is 0.237. The van der Waals surface area contributed by atoms with Crippen LogP contribution in [0.3, 0.4) is 0 Å². The summed E-state index contributed by atoms with van der Waals surface area (Å²) in [5, 5.41) is 0. The predicted octanol–water partition coefficient (Wildman–Crippen LogP) is 2.03. The molecular formula is C8H13BrF3NO. The van der Waals surface area contributed by atoms with E-state index in [0.29, 0.717) is 13.2 Å². The Labute approximate surface area is 89.5 Å². The fourth-order valence-electron chi connectivity index (χ4n) is 1.38. The average Bonchev–Trinajstić information content (AvgIpc) is 2.53. The quantitative estimate of drug-likeness (QED) is 0.731. The average molecular weight is 276 g/mol. The first kappa shape index (κ1) is 12.3. The molecule has 1 aliphatic rings. The second kappa shape index (κ2) is 4.81. The van der Waals surface area contributed by atoms with Gasteiger partial charge in [-0.25, -0.2) is 0 Å². The Kier molecular flexibility index (Phi) is 4.21. The van der Waals surface area contributed by atoms with Gasteiger partial charge >= 0.3 is 6.18 Å². The van der Waals surface area contributed by atoms with Gasteiger partial charge < -0.3 is 4.74 Å². The minimum absolute atomic E-state index is 0.0302. The fourth-order valence-corrected chi connectivity index (χ4v) is 1.83. The Hall–Kier alpha value is 0.190. The molecule has 2 unspecified atom stereocenters. The van der Waals surface area contributed by atoms with Gasteiger partial charge in [0.05, 0.1) is 6.61 Å². The molecule has 0 aromatic rings. The van der Waals surface area contributed by atoms with Crippen molar-refractivity contribution in [1.82, 2.24) is 4.90 Å². The number of halogens is 4. The van der Waals surface area contributed by atoms with E-state index in [-0.39, 0.29) is 12.6 Å². The van der Waals surface area contributed by atoms with Crippen LogP contribution in [0, 0.1) is 0 Å². The van der Waals surface area contributed by atoms with Gasteiger partial charge in [0, 0.05) is 19.2 Å². The maximum atomic E-state index is 12.2. The van der Waals surface area contributed by atoms with E-state index in [0.717, 1.165) is 6.42 Å². The maximum absolute atomic E-state index is 12.2. The lowest BCUT2D eigenvalue weighted by Gasteiger charge is -2.26. The van der Waals surface area contributed by atoms with E-state index in [4.69, 9.17) is 4.74 Å².